The second-order valence-electron chi connectivity index (χ2n) is 2.67. The molecule has 0 aliphatic rings. The summed E-state index contributed by atoms with van der Waals surface area (Å²) in [6, 6.07) is 2.03. The van der Waals surface area contributed by atoms with Crippen LogP contribution in [0.3, 0.4) is 0 Å². The summed E-state index contributed by atoms with van der Waals surface area (Å²) in [5, 5.41) is 6.75. The van der Waals surface area contributed by atoms with Crippen molar-refractivity contribution < 1.29 is 4.79 Å². The minimum Gasteiger partial charge on any atom is -0.353 e. The van der Waals surface area contributed by atoms with Crippen LogP contribution in [0.15, 0.2) is 35.1 Å². The molecule has 0 aromatic carbocycles. The van der Waals surface area contributed by atoms with E-state index in [4.69, 9.17) is 0 Å². The molecule has 0 saturated heterocycles. The summed E-state index contributed by atoms with van der Waals surface area (Å²) >= 11 is 1.66. The van der Waals surface area contributed by atoms with Crippen LogP contribution >= 0.6 is 11.3 Å². The van der Waals surface area contributed by atoms with Gasteiger partial charge in [-0.3, -0.25) is 4.79 Å². The quantitative estimate of drug-likeness (QED) is 0.596. The first-order valence-corrected chi connectivity index (χ1v) is 5.42. The number of allylic oxidation sites excluding steroid dienone is 2. The van der Waals surface area contributed by atoms with Crippen LogP contribution in [-0.2, 0) is 4.79 Å². The molecule has 0 aliphatic heterocycles. The maximum atomic E-state index is 11.0. The van der Waals surface area contributed by atoms with Crippen molar-refractivity contribution in [3.05, 3.63) is 40.6 Å². The van der Waals surface area contributed by atoms with E-state index < -0.39 is 0 Å². The fourth-order valence-corrected chi connectivity index (χ4v) is 1.54. The average Bonchev–Trinajstić information content (AvgIpc) is 2.65. The molecule has 1 rings (SSSR count). The molecule has 0 atom stereocenters. The molecular formula is C11H13NOS. The molecule has 0 aliphatic carbocycles. The van der Waals surface area contributed by atoms with Gasteiger partial charge in [0.2, 0.25) is 5.91 Å². The minimum atomic E-state index is -0.0533. The smallest absolute Gasteiger partial charge is 0.243 e. The van der Waals surface area contributed by atoms with Crippen LogP contribution in [0.2, 0.25) is 0 Å². The summed E-state index contributed by atoms with van der Waals surface area (Å²) in [7, 11) is 0. The largest absolute Gasteiger partial charge is 0.353 e. The molecule has 1 aromatic heterocycles. The predicted octanol–water partition coefficient (Wildman–Crippen LogP) is 2.45. The van der Waals surface area contributed by atoms with Gasteiger partial charge < -0.3 is 5.32 Å². The van der Waals surface area contributed by atoms with Gasteiger partial charge in [-0.05, 0) is 29.3 Å². The molecule has 14 heavy (non-hydrogen) atoms. The lowest BCUT2D eigenvalue weighted by Gasteiger charge is -1.92. The summed E-state index contributed by atoms with van der Waals surface area (Å²) in [5.74, 6) is -0.0533. The number of hydrogen-bond donors (Lipinski definition) is 1. The monoisotopic (exact) mass is 207 g/mol. The van der Waals surface area contributed by atoms with E-state index in [2.05, 4.69) is 10.7 Å². The van der Waals surface area contributed by atoms with E-state index in [9.17, 15) is 4.79 Å². The summed E-state index contributed by atoms with van der Waals surface area (Å²) in [5.41, 5.74) is 1.16. The highest BCUT2D eigenvalue weighted by atomic mass is 32.1. The normalized spacial score (nSPS) is 11.2. The molecule has 0 spiro atoms. The van der Waals surface area contributed by atoms with E-state index in [1.165, 1.54) is 6.08 Å². The number of rotatable bonds is 4. The van der Waals surface area contributed by atoms with Gasteiger partial charge in [-0.1, -0.05) is 18.2 Å². The molecule has 2 nitrogen and oxygen atoms in total. The maximum absolute atomic E-state index is 11.0. The zero-order chi connectivity index (χ0) is 10.2. The van der Waals surface area contributed by atoms with Crippen molar-refractivity contribution in [3.8, 4) is 0 Å². The van der Waals surface area contributed by atoms with Gasteiger partial charge in [-0.2, -0.15) is 11.3 Å². The summed E-state index contributed by atoms with van der Waals surface area (Å²) < 4.78 is 0. The Balaban J connectivity index is 2.36. The van der Waals surface area contributed by atoms with Crippen molar-refractivity contribution in [3.63, 3.8) is 0 Å². The van der Waals surface area contributed by atoms with Crippen molar-refractivity contribution in [1.82, 2.24) is 5.32 Å². The third kappa shape index (κ3) is 4.05. The van der Waals surface area contributed by atoms with Crippen LogP contribution in [0, 0.1) is 0 Å². The molecule has 0 saturated carbocycles. The van der Waals surface area contributed by atoms with E-state index in [-0.39, 0.29) is 5.91 Å². The van der Waals surface area contributed by atoms with Crippen molar-refractivity contribution in [2.75, 3.05) is 6.54 Å². The Morgan fingerprint density at radius 1 is 1.57 bits per heavy atom. The van der Waals surface area contributed by atoms with E-state index in [0.717, 1.165) is 5.56 Å². The standard InChI is InChI=1S/C11H13NOS/c1-2-12-11(13)6-4-3-5-10-7-8-14-9-10/h3-9H,2H2,1H3,(H,12,13)/b5-3+,6-4+. The van der Waals surface area contributed by atoms with Crippen LogP contribution in [0.1, 0.15) is 12.5 Å². The number of hydrogen-bond acceptors (Lipinski definition) is 2. The van der Waals surface area contributed by atoms with Gasteiger partial charge in [0.1, 0.15) is 0 Å². The number of carbonyl (C=O) groups excluding carboxylic acids is 1. The lowest BCUT2D eigenvalue weighted by Crippen LogP contribution is -2.19. The summed E-state index contributed by atoms with van der Waals surface area (Å²) in [6.07, 6.45) is 7.08. The van der Waals surface area contributed by atoms with E-state index in [0.29, 0.717) is 6.54 Å². The van der Waals surface area contributed by atoms with Gasteiger partial charge in [0, 0.05) is 12.6 Å². The number of amides is 1. The average molecular weight is 207 g/mol. The van der Waals surface area contributed by atoms with Gasteiger partial charge in [-0.15, -0.1) is 0 Å². The molecule has 1 N–H and O–H groups in total. The first kappa shape index (κ1) is 10.7. The Labute approximate surface area is 88.0 Å². The molecule has 0 unspecified atom stereocenters. The molecule has 0 radical (unpaired) electrons. The number of nitrogens with one attached hydrogen (secondary N) is 1. The Bertz CT molecular complexity index is 325. The van der Waals surface area contributed by atoms with Gasteiger partial charge in [0.05, 0.1) is 0 Å². The van der Waals surface area contributed by atoms with Crippen LogP contribution in [-0.4, -0.2) is 12.5 Å². The van der Waals surface area contributed by atoms with E-state index in [1.54, 1.807) is 17.4 Å². The fourth-order valence-electron chi connectivity index (χ4n) is 0.913. The Morgan fingerprint density at radius 2 is 2.43 bits per heavy atom. The van der Waals surface area contributed by atoms with Gasteiger partial charge in [0.15, 0.2) is 0 Å². The van der Waals surface area contributed by atoms with Crippen LogP contribution < -0.4 is 5.32 Å². The van der Waals surface area contributed by atoms with Crippen LogP contribution in [0.4, 0.5) is 0 Å². The van der Waals surface area contributed by atoms with Crippen molar-refractivity contribution in [1.29, 1.82) is 0 Å². The highest BCUT2D eigenvalue weighted by Crippen LogP contribution is 2.07. The summed E-state index contributed by atoms with van der Waals surface area (Å²) in [6.45, 7) is 2.56. The minimum absolute atomic E-state index is 0.0533. The predicted molar refractivity (Wildman–Crippen MR) is 61.2 cm³/mol. The molecule has 1 aromatic rings. The Kier molecular flexibility index (Phi) is 4.72. The van der Waals surface area contributed by atoms with E-state index in [1.807, 2.05) is 30.5 Å². The van der Waals surface area contributed by atoms with Gasteiger partial charge in [-0.25, -0.2) is 0 Å². The third-order valence-corrected chi connectivity index (χ3v) is 2.24. The first-order valence-electron chi connectivity index (χ1n) is 4.47. The molecular weight excluding hydrogens is 194 g/mol. The van der Waals surface area contributed by atoms with Crippen LogP contribution in [0.25, 0.3) is 6.08 Å². The second-order valence-corrected chi connectivity index (χ2v) is 3.45. The highest BCUT2D eigenvalue weighted by Gasteiger charge is 1.87. The first-order chi connectivity index (χ1) is 6.83. The zero-order valence-electron chi connectivity index (χ0n) is 8.07. The molecule has 74 valence electrons. The third-order valence-electron chi connectivity index (χ3n) is 1.54. The SMILES string of the molecule is CCNC(=O)/C=C/C=C/c1ccsc1. The maximum Gasteiger partial charge on any atom is 0.243 e. The van der Waals surface area contributed by atoms with Gasteiger partial charge in [0.25, 0.3) is 0 Å². The van der Waals surface area contributed by atoms with Crippen LogP contribution in [0.5, 0.6) is 0 Å². The number of likely N-dealkylation sites (N-methyl/N-ethyl adjacent to an activating group) is 1. The number of thiophene rings is 1. The summed E-state index contributed by atoms with van der Waals surface area (Å²) in [4.78, 5) is 11.0. The zero-order valence-corrected chi connectivity index (χ0v) is 8.88. The number of carbonyl (C=O) groups is 1. The Hall–Kier alpha value is -1.35. The van der Waals surface area contributed by atoms with E-state index >= 15 is 0 Å². The second kappa shape index (κ2) is 6.16. The molecule has 0 bridgehead atoms. The topological polar surface area (TPSA) is 29.1 Å². The lowest BCUT2D eigenvalue weighted by molar-refractivity contribution is -0.116. The molecule has 1 heterocycles. The Morgan fingerprint density at radius 3 is 3.07 bits per heavy atom. The highest BCUT2D eigenvalue weighted by molar-refractivity contribution is 7.08. The molecule has 3 heteroatoms. The lowest BCUT2D eigenvalue weighted by atomic mass is 10.3. The van der Waals surface area contributed by atoms with Crippen molar-refractivity contribution in [2.45, 2.75) is 6.92 Å². The van der Waals surface area contributed by atoms with Crippen molar-refractivity contribution >= 4 is 23.3 Å². The fraction of sp³-hybridized carbons (Fsp3) is 0.182. The molecule has 1 amide bonds. The van der Waals surface area contributed by atoms with Gasteiger partial charge >= 0.3 is 0 Å². The molecule has 0 fully saturated rings. The van der Waals surface area contributed by atoms with Crippen molar-refractivity contribution in [2.24, 2.45) is 0 Å².